The van der Waals surface area contributed by atoms with Crippen LogP contribution in [0.1, 0.15) is 30.1 Å². The van der Waals surface area contributed by atoms with Crippen molar-refractivity contribution in [1.82, 2.24) is 9.88 Å². The highest BCUT2D eigenvalue weighted by Crippen LogP contribution is 2.22. The average molecular weight is 313 g/mol. The van der Waals surface area contributed by atoms with E-state index in [9.17, 15) is 9.18 Å². The monoisotopic (exact) mass is 313 g/mol. The van der Waals surface area contributed by atoms with E-state index in [1.54, 1.807) is 36.7 Å². The van der Waals surface area contributed by atoms with Crippen molar-refractivity contribution in [3.8, 4) is 0 Å². The van der Waals surface area contributed by atoms with Crippen molar-refractivity contribution >= 4 is 17.3 Å². The predicted molar refractivity (Wildman–Crippen MR) is 88.2 cm³/mol. The summed E-state index contributed by atoms with van der Waals surface area (Å²) in [5, 5.41) is 2.97. The van der Waals surface area contributed by atoms with Gasteiger partial charge < -0.3 is 10.2 Å². The summed E-state index contributed by atoms with van der Waals surface area (Å²) in [6.45, 7) is 3.78. The molecule has 1 aliphatic rings. The van der Waals surface area contributed by atoms with E-state index in [0.29, 0.717) is 22.9 Å². The Kier molecular flexibility index (Phi) is 4.55. The van der Waals surface area contributed by atoms with E-state index < -0.39 is 0 Å². The van der Waals surface area contributed by atoms with Crippen LogP contribution in [0.15, 0.2) is 42.7 Å². The van der Waals surface area contributed by atoms with E-state index >= 15 is 0 Å². The molecule has 2 aromatic rings. The minimum atomic E-state index is -0.339. The molecule has 120 valence electrons. The molecule has 0 bridgehead atoms. The Morgan fingerprint density at radius 3 is 2.74 bits per heavy atom. The van der Waals surface area contributed by atoms with Gasteiger partial charge in [-0.3, -0.25) is 9.78 Å². The lowest BCUT2D eigenvalue weighted by Gasteiger charge is -2.30. The number of rotatable bonds is 3. The van der Waals surface area contributed by atoms with Crippen LogP contribution >= 0.6 is 0 Å². The molecular weight excluding hydrogens is 293 g/mol. The quantitative estimate of drug-likeness (QED) is 0.936. The molecule has 0 radical (unpaired) electrons. The fourth-order valence-electron chi connectivity index (χ4n) is 2.74. The van der Waals surface area contributed by atoms with E-state index in [-0.39, 0.29) is 11.7 Å². The van der Waals surface area contributed by atoms with Crippen LogP contribution in [0.2, 0.25) is 0 Å². The summed E-state index contributed by atoms with van der Waals surface area (Å²) in [6.07, 6.45) is 5.22. The molecule has 1 amide bonds. The maximum absolute atomic E-state index is 13.7. The van der Waals surface area contributed by atoms with Crippen LogP contribution < -0.4 is 5.32 Å². The number of anilines is 2. The lowest BCUT2D eigenvalue weighted by molar-refractivity contribution is 0.0697. The summed E-state index contributed by atoms with van der Waals surface area (Å²) in [6, 6.07) is 8.15. The average Bonchev–Trinajstić information content (AvgIpc) is 2.57. The number of likely N-dealkylation sites (tertiary alicyclic amines) is 1. The summed E-state index contributed by atoms with van der Waals surface area (Å²) in [7, 11) is 0. The van der Waals surface area contributed by atoms with Crippen molar-refractivity contribution in [2.24, 2.45) is 5.92 Å². The van der Waals surface area contributed by atoms with Crippen LogP contribution in [-0.4, -0.2) is 28.9 Å². The maximum Gasteiger partial charge on any atom is 0.255 e. The SMILES string of the molecule is CC1CCN(C(=O)c2cncc(Nc3ccccc3F)c2)CC1. The van der Waals surface area contributed by atoms with E-state index in [4.69, 9.17) is 0 Å². The number of nitrogens with zero attached hydrogens (tertiary/aromatic N) is 2. The van der Waals surface area contributed by atoms with Crippen molar-refractivity contribution in [1.29, 1.82) is 0 Å². The van der Waals surface area contributed by atoms with E-state index in [1.165, 1.54) is 6.07 Å². The largest absolute Gasteiger partial charge is 0.352 e. The summed E-state index contributed by atoms with van der Waals surface area (Å²) < 4.78 is 13.7. The van der Waals surface area contributed by atoms with Crippen molar-refractivity contribution in [3.63, 3.8) is 0 Å². The third kappa shape index (κ3) is 3.67. The first kappa shape index (κ1) is 15.5. The number of benzene rings is 1. The number of piperidine rings is 1. The number of halogens is 1. The molecular formula is C18H20FN3O. The lowest BCUT2D eigenvalue weighted by atomic mass is 9.99. The molecule has 1 aromatic carbocycles. The first-order chi connectivity index (χ1) is 11.1. The zero-order valence-corrected chi connectivity index (χ0v) is 13.1. The Morgan fingerprint density at radius 2 is 2.00 bits per heavy atom. The minimum absolute atomic E-state index is 0.0124. The van der Waals surface area contributed by atoms with Gasteiger partial charge in [0.05, 0.1) is 23.1 Å². The molecule has 2 heterocycles. The number of hydrogen-bond donors (Lipinski definition) is 1. The molecule has 0 saturated carbocycles. The molecule has 1 aromatic heterocycles. The summed E-state index contributed by atoms with van der Waals surface area (Å²) >= 11 is 0. The molecule has 0 spiro atoms. The Morgan fingerprint density at radius 1 is 1.26 bits per heavy atom. The van der Waals surface area contributed by atoms with Gasteiger partial charge >= 0.3 is 0 Å². The van der Waals surface area contributed by atoms with Crippen molar-refractivity contribution in [2.45, 2.75) is 19.8 Å². The molecule has 1 saturated heterocycles. The van der Waals surface area contributed by atoms with Crippen molar-refractivity contribution in [2.75, 3.05) is 18.4 Å². The number of amides is 1. The molecule has 0 unspecified atom stereocenters. The molecule has 23 heavy (non-hydrogen) atoms. The van der Waals surface area contributed by atoms with Crippen LogP contribution in [0.5, 0.6) is 0 Å². The zero-order valence-electron chi connectivity index (χ0n) is 13.1. The first-order valence-electron chi connectivity index (χ1n) is 7.89. The van der Waals surface area contributed by atoms with Gasteiger partial charge in [0.2, 0.25) is 0 Å². The lowest BCUT2D eigenvalue weighted by Crippen LogP contribution is -2.37. The number of nitrogens with one attached hydrogen (secondary N) is 1. The zero-order chi connectivity index (χ0) is 16.2. The Balaban J connectivity index is 1.75. The highest BCUT2D eigenvalue weighted by atomic mass is 19.1. The fraction of sp³-hybridized carbons (Fsp3) is 0.333. The van der Waals surface area contributed by atoms with Gasteiger partial charge in [-0.25, -0.2) is 4.39 Å². The van der Waals surface area contributed by atoms with E-state index in [0.717, 1.165) is 25.9 Å². The Bertz CT molecular complexity index is 696. The highest BCUT2D eigenvalue weighted by Gasteiger charge is 2.21. The summed E-state index contributed by atoms with van der Waals surface area (Å²) in [5.41, 5.74) is 1.50. The normalized spacial score (nSPS) is 15.5. The van der Waals surface area contributed by atoms with Crippen molar-refractivity contribution in [3.05, 3.63) is 54.1 Å². The molecule has 1 fully saturated rings. The van der Waals surface area contributed by atoms with Gasteiger partial charge in [-0.1, -0.05) is 19.1 Å². The van der Waals surface area contributed by atoms with Crippen molar-refractivity contribution < 1.29 is 9.18 Å². The Labute approximate surface area is 135 Å². The second kappa shape index (κ2) is 6.77. The standard InChI is InChI=1S/C18H20FN3O/c1-13-6-8-22(9-7-13)18(23)14-10-15(12-20-11-14)21-17-5-3-2-4-16(17)19/h2-5,10-13,21H,6-9H2,1H3. The number of carbonyl (C=O) groups excluding carboxylic acids is 1. The smallest absolute Gasteiger partial charge is 0.255 e. The topological polar surface area (TPSA) is 45.2 Å². The second-order valence-corrected chi connectivity index (χ2v) is 6.04. The molecule has 0 atom stereocenters. The van der Waals surface area contributed by atoms with Gasteiger partial charge in [0.25, 0.3) is 5.91 Å². The van der Waals surface area contributed by atoms with Gasteiger partial charge in [-0.15, -0.1) is 0 Å². The second-order valence-electron chi connectivity index (χ2n) is 6.04. The molecule has 1 N–H and O–H groups in total. The van der Waals surface area contributed by atoms with Crippen LogP contribution in [0, 0.1) is 11.7 Å². The third-order valence-corrected chi connectivity index (χ3v) is 4.21. The molecule has 4 nitrogen and oxygen atoms in total. The molecule has 3 rings (SSSR count). The van der Waals surface area contributed by atoms with Crippen LogP contribution in [0.4, 0.5) is 15.8 Å². The number of hydrogen-bond acceptors (Lipinski definition) is 3. The van der Waals surface area contributed by atoms with E-state index in [2.05, 4.69) is 17.2 Å². The minimum Gasteiger partial charge on any atom is -0.352 e. The van der Waals surface area contributed by atoms with Crippen LogP contribution in [-0.2, 0) is 0 Å². The summed E-state index contributed by atoms with van der Waals surface area (Å²) in [5.74, 6) is 0.321. The highest BCUT2D eigenvalue weighted by molar-refractivity contribution is 5.95. The van der Waals surface area contributed by atoms with Gasteiger partial charge in [-0.05, 0) is 37.0 Å². The molecule has 5 heteroatoms. The van der Waals surface area contributed by atoms with Gasteiger partial charge in [-0.2, -0.15) is 0 Å². The fourth-order valence-corrected chi connectivity index (χ4v) is 2.74. The number of aromatic nitrogens is 1. The van der Waals surface area contributed by atoms with Crippen LogP contribution in [0.25, 0.3) is 0 Å². The maximum atomic E-state index is 13.7. The number of carbonyl (C=O) groups is 1. The third-order valence-electron chi connectivity index (χ3n) is 4.21. The van der Waals surface area contributed by atoms with Gasteiger partial charge in [0.1, 0.15) is 5.82 Å². The van der Waals surface area contributed by atoms with E-state index in [1.807, 2.05) is 4.90 Å². The Hall–Kier alpha value is -2.43. The van der Waals surface area contributed by atoms with Gasteiger partial charge in [0.15, 0.2) is 0 Å². The molecule has 1 aliphatic heterocycles. The van der Waals surface area contributed by atoms with Crippen LogP contribution in [0.3, 0.4) is 0 Å². The number of para-hydroxylation sites is 1. The predicted octanol–water partition coefficient (Wildman–Crippen LogP) is 3.84. The van der Waals surface area contributed by atoms with Gasteiger partial charge in [0, 0.05) is 19.3 Å². The first-order valence-corrected chi connectivity index (χ1v) is 7.89. The summed E-state index contributed by atoms with van der Waals surface area (Å²) in [4.78, 5) is 18.5. The number of pyridine rings is 1. The molecule has 0 aliphatic carbocycles.